The van der Waals surface area contributed by atoms with E-state index in [2.05, 4.69) is 27.3 Å². The van der Waals surface area contributed by atoms with Crippen LogP contribution in [0.5, 0.6) is 0 Å². The van der Waals surface area contributed by atoms with E-state index in [-0.39, 0.29) is 12.0 Å². The van der Waals surface area contributed by atoms with Crippen LogP contribution in [0.2, 0.25) is 0 Å². The van der Waals surface area contributed by atoms with Gasteiger partial charge in [0.2, 0.25) is 11.1 Å². The first-order valence-corrected chi connectivity index (χ1v) is 9.70. The zero-order valence-corrected chi connectivity index (χ0v) is 15.3. The van der Waals surface area contributed by atoms with Crippen molar-refractivity contribution in [1.29, 1.82) is 0 Å². The third-order valence-electron chi connectivity index (χ3n) is 4.29. The molecule has 1 amide bonds. The van der Waals surface area contributed by atoms with E-state index in [0.717, 1.165) is 38.2 Å². The number of aromatic nitrogens is 3. The van der Waals surface area contributed by atoms with E-state index in [4.69, 9.17) is 4.74 Å². The summed E-state index contributed by atoms with van der Waals surface area (Å²) >= 11 is 1.39. The fraction of sp³-hybridized carbons (Fsp3) is 0.500. The molecule has 1 saturated heterocycles. The lowest BCUT2D eigenvalue weighted by Gasteiger charge is -2.31. The minimum atomic E-state index is 0.148. The Bertz CT molecular complexity index is 669. The fourth-order valence-electron chi connectivity index (χ4n) is 2.78. The van der Waals surface area contributed by atoms with Crippen LogP contribution in [0.4, 0.5) is 0 Å². The Morgan fingerprint density at radius 1 is 1.32 bits per heavy atom. The lowest BCUT2D eigenvalue weighted by atomic mass is 10.1. The molecule has 0 aliphatic carbocycles. The quantitative estimate of drug-likeness (QED) is 0.769. The SMILES string of the molecule is CCc1nc(SCC(=O)N2CCC(OCc3ccccc3)CC2)n[nH]1. The molecule has 1 aliphatic heterocycles. The van der Waals surface area contributed by atoms with Gasteiger partial charge in [-0.2, -0.15) is 0 Å². The lowest BCUT2D eigenvalue weighted by Crippen LogP contribution is -2.41. The molecule has 25 heavy (non-hydrogen) atoms. The second kappa shape index (κ2) is 9.01. The molecule has 7 heteroatoms. The van der Waals surface area contributed by atoms with Crippen molar-refractivity contribution in [1.82, 2.24) is 20.1 Å². The Kier molecular flexibility index (Phi) is 6.47. The van der Waals surface area contributed by atoms with Crippen LogP contribution in [0.1, 0.15) is 31.2 Å². The normalized spacial score (nSPS) is 15.5. The monoisotopic (exact) mass is 360 g/mol. The zero-order valence-electron chi connectivity index (χ0n) is 14.5. The first kappa shape index (κ1) is 17.9. The van der Waals surface area contributed by atoms with Gasteiger partial charge in [0, 0.05) is 19.5 Å². The number of benzene rings is 1. The van der Waals surface area contributed by atoms with E-state index in [1.54, 1.807) is 0 Å². The largest absolute Gasteiger partial charge is 0.373 e. The molecule has 0 atom stereocenters. The molecule has 0 saturated carbocycles. The second-order valence-corrected chi connectivity index (χ2v) is 7.03. The van der Waals surface area contributed by atoms with Gasteiger partial charge in [-0.3, -0.25) is 9.89 Å². The number of nitrogens with zero attached hydrogens (tertiary/aromatic N) is 3. The fourth-order valence-corrected chi connectivity index (χ4v) is 3.50. The third kappa shape index (κ3) is 5.31. The standard InChI is InChI=1S/C18H24N4O2S/c1-2-16-19-18(21-20-16)25-13-17(23)22-10-8-15(9-11-22)24-12-14-6-4-3-5-7-14/h3-7,15H,2,8-13H2,1H3,(H,19,20,21). The number of thioether (sulfide) groups is 1. The number of carbonyl (C=O) groups excluding carboxylic acids is 1. The molecule has 2 aromatic rings. The number of ether oxygens (including phenoxy) is 1. The molecule has 6 nitrogen and oxygen atoms in total. The molecule has 1 fully saturated rings. The highest BCUT2D eigenvalue weighted by Crippen LogP contribution is 2.18. The van der Waals surface area contributed by atoms with Crippen LogP contribution < -0.4 is 0 Å². The molecule has 0 radical (unpaired) electrons. The maximum absolute atomic E-state index is 12.3. The number of piperidine rings is 1. The Hall–Kier alpha value is -1.86. The first-order valence-electron chi connectivity index (χ1n) is 8.72. The van der Waals surface area contributed by atoms with Gasteiger partial charge in [0.05, 0.1) is 18.5 Å². The van der Waals surface area contributed by atoms with Crippen molar-refractivity contribution in [2.24, 2.45) is 0 Å². The van der Waals surface area contributed by atoms with Gasteiger partial charge in [-0.1, -0.05) is 49.0 Å². The van der Waals surface area contributed by atoms with Gasteiger partial charge in [0.1, 0.15) is 5.82 Å². The summed E-state index contributed by atoms with van der Waals surface area (Å²) in [7, 11) is 0. The van der Waals surface area contributed by atoms with E-state index in [0.29, 0.717) is 17.5 Å². The molecule has 1 N–H and O–H groups in total. The molecule has 0 unspecified atom stereocenters. The number of rotatable bonds is 7. The van der Waals surface area contributed by atoms with Gasteiger partial charge in [0.15, 0.2) is 0 Å². The number of H-pyrrole nitrogens is 1. The molecule has 1 aromatic carbocycles. The average molecular weight is 360 g/mol. The summed E-state index contributed by atoms with van der Waals surface area (Å²) in [5.74, 6) is 1.39. The van der Waals surface area contributed by atoms with E-state index in [1.165, 1.54) is 17.3 Å². The maximum Gasteiger partial charge on any atom is 0.233 e. The van der Waals surface area contributed by atoms with Gasteiger partial charge in [0.25, 0.3) is 0 Å². The molecule has 0 spiro atoms. The van der Waals surface area contributed by atoms with Gasteiger partial charge >= 0.3 is 0 Å². The van der Waals surface area contributed by atoms with Gasteiger partial charge in [-0.05, 0) is 18.4 Å². The molecule has 134 valence electrons. The summed E-state index contributed by atoms with van der Waals surface area (Å²) in [6.45, 7) is 4.17. The van der Waals surface area contributed by atoms with Crippen LogP contribution >= 0.6 is 11.8 Å². The molecular formula is C18H24N4O2S. The third-order valence-corrected chi connectivity index (χ3v) is 5.13. The van der Waals surface area contributed by atoms with Crippen LogP contribution in [0.3, 0.4) is 0 Å². The van der Waals surface area contributed by atoms with Gasteiger partial charge in [-0.15, -0.1) is 5.10 Å². The van der Waals surface area contributed by atoms with E-state index in [1.807, 2.05) is 30.0 Å². The Balaban J connectivity index is 1.37. The van der Waals surface area contributed by atoms with Crippen molar-refractivity contribution in [2.45, 2.75) is 44.1 Å². The van der Waals surface area contributed by atoms with Crippen LogP contribution in [0, 0.1) is 0 Å². The number of amides is 1. The number of carbonyl (C=O) groups is 1. The summed E-state index contributed by atoms with van der Waals surface area (Å²) in [5.41, 5.74) is 1.19. The van der Waals surface area contributed by atoms with E-state index in [9.17, 15) is 4.79 Å². The maximum atomic E-state index is 12.3. The number of aromatic amines is 1. The highest BCUT2D eigenvalue weighted by Gasteiger charge is 2.23. The minimum Gasteiger partial charge on any atom is -0.373 e. The Labute approximate surface area is 152 Å². The summed E-state index contributed by atoms with van der Waals surface area (Å²) < 4.78 is 5.97. The molecule has 1 aromatic heterocycles. The van der Waals surface area contributed by atoms with Crippen molar-refractivity contribution in [3.8, 4) is 0 Å². The summed E-state index contributed by atoms with van der Waals surface area (Å²) in [6.07, 6.45) is 2.84. The van der Waals surface area contributed by atoms with E-state index >= 15 is 0 Å². The Morgan fingerprint density at radius 2 is 2.08 bits per heavy atom. The predicted molar refractivity (Wildman–Crippen MR) is 97.3 cm³/mol. The highest BCUT2D eigenvalue weighted by atomic mass is 32.2. The average Bonchev–Trinajstić information content (AvgIpc) is 3.14. The number of aryl methyl sites for hydroxylation is 1. The topological polar surface area (TPSA) is 71.1 Å². The zero-order chi connectivity index (χ0) is 17.5. The van der Waals surface area contributed by atoms with E-state index < -0.39 is 0 Å². The predicted octanol–water partition coefficient (Wildman–Crippen LogP) is 2.67. The van der Waals surface area contributed by atoms with Crippen molar-refractivity contribution in [3.05, 3.63) is 41.7 Å². The molecule has 1 aliphatic rings. The van der Waals surface area contributed by atoms with Gasteiger partial charge in [-0.25, -0.2) is 4.98 Å². The van der Waals surface area contributed by atoms with Crippen LogP contribution in [0.25, 0.3) is 0 Å². The summed E-state index contributed by atoms with van der Waals surface area (Å²) in [6, 6.07) is 10.2. The van der Waals surface area contributed by atoms with Crippen LogP contribution in [-0.2, 0) is 22.6 Å². The minimum absolute atomic E-state index is 0.148. The number of nitrogens with one attached hydrogen (secondary N) is 1. The highest BCUT2D eigenvalue weighted by molar-refractivity contribution is 7.99. The summed E-state index contributed by atoms with van der Waals surface area (Å²) in [4.78, 5) is 18.6. The van der Waals surface area contributed by atoms with Gasteiger partial charge < -0.3 is 9.64 Å². The molecule has 3 rings (SSSR count). The van der Waals surface area contributed by atoms with Crippen molar-refractivity contribution in [3.63, 3.8) is 0 Å². The number of hydrogen-bond donors (Lipinski definition) is 1. The second-order valence-electron chi connectivity index (χ2n) is 6.08. The molecule has 0 bridgehead atoms. The smallest absolute Gasteiger partial charge is 0.233 e. The van der Waals surface area contributed by atoms with Crippen LogP contribution in [-0.4, -0.2) is 50.9 Å². The molecular weight excluding hydrogens is 336 g/mol. The van der Waals surface area contributed by atoms with Crippen molar-refractivity contribution >= 4 is 17.7 Å². The van der Waals surface area contributed by atoms with Crippen molar-refractivity contribution in [2.75, 3.05) is 18.8 Å². The number of likely N-dealkylation sites (tertiary alicyclic amines) is 1. The summed E-state index contributed by atoms with van der Waals surface area (Å²) in [5, 5.41) is 7.62. The lowest BCUT2D eigenvalue weighted by molar-refractivity contribution is -0.131. The Morgan fingerprint density at radius 3 is 2.76 bits per heavy atom. The molecule has 2 heterocycles. The number of hydrogen-bond acceptors (Lipinski definition) is 5. The van der Waals surface area contributed by atoms with Crippen molar-refractivity contribution < 1.29 is 9.53 Å². The van der Waals surface area contributed by atoms with Crippen LogP contribution in [0.15, 0.2) is 35.5 Å². The first-order chi connectivity index (χ1) is 12.2.